The molecule has 1 fully saturated rings. The predicted octanol–water partition coefficient (Wildman–Crippen LogP) is 1.13. The monoisotopic (exact) mass is 228 g/mol. The van der Waals surface area contributed by atoms with E-state index in [2.05, 4.69) is 5.32 Å². The number of carbonyl (C=O) groups is 2. The lowest BCUT2D eigenvalue weighted by Crippen LogP contribution is -2.36. The van der Waals surface area contributed by atoms with E-state index in [1.165, 1.54) is 0 Å². The third-order valence-electron chi connectivity index (χ3n) is 2.53. The zero-order valence-corrected chi connectivity index (χ0v) is 10.2. The first-order chi connectivity index (χ1) is 7.54. The van der Waals surface area contributed by atoms with Crippen molar-refractivity contribution in [1.82, 2.24) is 10.2 Å². The van der Waals surface area contributed by atoms with Crippen molar-refractivity contribution in [3.8, 4) is 0 Å². The third-order valence-corrected chi connectivity index (χ3v) is 2.53. The smallest absolute Gasteiger partial charge is 0.410 e. The molecule has 5 nitrogen and oxygen atoms in total. The minimum absolute atomic E-state index is 0.0153. The van der Waals surface area contributed by atoms with E-state index in [-0.39, 0.29) is 24.1 Å². The highest BCUT2D eigenvalue weighted by molar-refractivity contribution is 5.76. The summed E-state index contributed by atoms with van der Waals surface area (Å²) in [6.45, 7) is 6.81. The molecule has 1 aliphatic heterocycles. The zero-order chi connectivity index (χ0) is 12.1. The van der Waals surface area contributed by atoms with Gasteiger partial charge in [0.1, 0.15) is 6.10 Å². The molecule has 1 N–H and O–H groups in total. The quantitative estimate of drug-likeness (QED) is 0.767. The number of nitrogens with zero attached hydrogens (tertiary/aromatic N) is 1. The number of hydrogen-bond acceptors (Lipinski definition) is 3. The van der Waals surface area contributed by atoms with Crippen LogP contribution < -0.4 is 5.32 Å². The van der Waals surface area contributed by atoms with E-state index in [4.69, 9.17) is 4.74 Å². The molecule has 0 bridgehead atoms. The van der Waals surface area contributed by atoms with Crippen molar-refractivity contribution in [1.29, 1.82) is 0 Å². The van der Waals surface area contributed by atoms with E-state index < -0.39 is 0 Å². The number of ether oxygens (including phenoxy) is 1. The van der Waals surface area contributed by atoms with Crippen LogP contribution in [-0.4, -0.2) is 42.1 Å². The predicted molar refractivity (Wildman–Crippen MR) is 60.0 cm³/mol. The van der Waals surface area contributed by atoms with Crippen LogP contribution in [0.2, 0.25) is 0 Å². The lowest BCUT2D eigenvalue weighted by atomic mass is 10.2. The van der Waals surface area contributed by atoms with Crippen LogP contribution in [0.15, 0.2) is 0 Å². The molecule has 1 saturated heterocycles. The Labute approximate surface area is 96.1 Å². The summed E-state index contributed by atoms with van der Waals surface area (Å²) in [5.74, 6) is 0.0153. The van der Waals surface area contributed by atoms with E-state index in [1.54, 1.807) is 4.90 Å². The van der Waals surface area contributed by atoms with Crippen molar-refractivity contribution < 1.29 is 14.3 Å². The van der Waals surface area contributed by atoms with Gasteiger partial charge in [-0.15, -0.1) is 0 Å². The molecule has 0 aromatic rings. The molecule has 1 unspecified atom stereocenters. The van der Waals surface area contributed by atoms with E-state index in [0.29, 0.717) is 19.5 Å². The molecular weight excluding hydrogens is 208 g/mol. The molecule has 0 spiro atoms. The minimum atomic E-state index is -0.287. The first kappa shape index (κ1) is 12.8. The lowest BCUT2D eigenvalue weighted by Gasteiger charge is -2.16. The van der Waals surface area contributed by atoms with Crippen LogP contribution >= 0.6 is 0 Å². The standard InChI is InChI=1S/C11H20N2O3/c1-4-5-10(14)12-6-9-7-13(8(2)3)11(15)16-9/h8-9H,4-7H2,1-3H3,(H,12,14). The Morgan fingerprint density at radius 3 is 2.81 bits per heavy atom. The molecule has 0 aromatic carbocycles. The molecule has 5 heteroatoms. The van der Waals surface area contributed by atoms with Crippen molar-refractivity contribution >= 4 is 12.0 Å². The number of cyclic esters (lactones) is 1. The first-order valence-electron chi connectivity index (χ1n) is 5.78. The fourth-order valence-corrected chi connectivity index (χ4v) is 1.61. The maximum Gasteiger partial charge on any atom is 0.410 e. The van der Waals surface area contributed by atoms with E-state index >= 15 is 0 Å². The van der Waals surface area contributed by atoms with Gasteiger partial charge in [-0.2, -0.15) is 0 Å². The second-order valence-electron chi connectivity index (χ2n) is 4.31. The van der Waals surface area contributed by atoms with E-state index in [0.717, 1.165) is 6.42 Å². The molecule has 0 saturated carbocycles. The van der Waals surface area contributed by atoms with Crippen LogP contribution in [-0.2, 0) is 9.53 Å². The highest BCUT2D eigenvalue weighted by atomic mass is 16.6. The molecule has 1 atom stereocenters. The van der Waals surface area contributed by atoms with Gasteiger partial charge in [0.25, 0.3) is 0 Å². The van der Waals surface area contributed by atoms with E-state index in [9.17, 15) is 9.59 Å². The molecule has 16 heavy (non-hydrogen) atoms. The van der Waals surface area contributed by atoms with Crippen LogP contribution in [0.25, 0.3) is 0 Å². The van der Waals surface area contributed by atoms with Gasteiger partial charge in [-0.1, -0.05) is 6.92 Å². The van der Waals surface area contributed by atoms with Gasteiger partial charge < -0.3 is 15.0 Å². The summed E-state index contributed by atoms with van der Waals surface area (Å²) in [6, 6.07) is 0.142. The first-order valence-corrected chi connectivity index (χ1v) is 5.78. The number of nitrogens with one attached hydrogen (secondary N) is 1. The summed E-state index contributed by atoms with van der Waals surface area (Å²) < 4.78 is 5.14. The topological polar surface area (TPSA) is 58.6 Å². The molecule has 2 amide bonds. The van der Waals surface area contributed by atoms with Gasteiger partial charge in [0, 0.05) is 12.5 Å². The van der Waals surface area contributed by atoms with Crippen molar-refractivity contribution in [2.75, 3.05) is 13.1 Å². The van der Waals surface area contributed by atoms with Gasteiger partial charge in [0.05, 0.1) is 13.1 Å². The third kappa shape index (κ3) is 3.40. The molecule has 1 heterocycles. The molecule has 1 rings (SSSR count). The highest BCUT2D eigenvalue weighted by Gasteiger charge is 2.32. The Morgan fingerprint density at radius 2 is 2.31 bits per heavy atom. The average Bonchev–Trinajstić information content (AvgIpc) is 2.57. The Bertz CT molecular complexity index is 266. The number of carbonyl (C=O) groups excluding carboxylic acids is 2. The summed E-state index contributed by atoms with van der Waals surface area (Å²) in [7, 11) is 0. The van der Waals surface area contributed by atoms with Crippen LogP contribution in [0.3, 0.4) is 0 Å². The average molecular weight is 228 g/mol. The van der Waals surface area contributed by atoms with Crippen LogP contribution in [0.5, 0.6) is 0 Å². The molecule has 0 aromatic heterocycles. The Hall–Kier alpha value is -1.26. The Kier molecular flexibility index (Phi) is 4.58. The second-order valence-corrected chi connectivity index (χ2v) is 4.31. The molecule has 92 valence electrons. The van der Waals surface area contributed by atoms with Crippen molar-refractivity contribution in [2.45, 2.75) is 45.8 Å². The summed E-state index contributed by atoms with van der Waals surface area (Å²) in [6.07, 6.45) is 0.851. The Balaban J connectivity index is 2.31. The summed E-state index contributed by atoms with van der Waals surface area (Å²) >= 11 is 0. The van der Waals surface area contributed by atoms with Gasteiger partial charge in [-0.3, -0.25) is 4.79 Å². The van der Waals surface area contributed by atoms with Gasteiger partial charge in [0.2, 0.25) is 5.91 Å². The maximum absolute atomic E-state index is 11.4. The van der Waals surface area contributed by atoms with Gasteiger partial charge in [-0.25, -0.2) is 4.79 Å². The van der Waals surface area contributed by atoms with Gasteiger partial charge in [0.15, 0.2) is 0 Å². The number of hydrogen-bond donors (Lipinski definition) is 1. The minimum Gasteiger partial charge on any atom is -0.442 e. The highest BCUT2D eigenvalue weighted by Crippen LogP contribution is 2.13. The van der Waals surface area contributed by atoms with Crippen LogP contribution in [0.1, 0.15) is 33.6 Å². The fourth-order valence-electron chi connectivity index (χ4n) is 1.61. The Morgan fingerprint density at radius 1 is 1.62 bits per heavy atom. The molecular formula is C11H20N2O3. The maximum atomic E-state index is 11.4. The zero-order valence-electron chi connectivity index (χ0n) is 10.2. The molecule has 0 aliphatic carbocycles. The fraction of sp³-hybridized carbons (Fsp3) is 0.818. The number of amides is 2. The van der Waals surface area contributed by atoms with Gasteiger partial charge >= 0.3 is 6.09 Å². The molecule has 1 aliphatic rings. The number of rotatable bonds is 5. The summed E-state index contributed by atoms with van der Waals surface area (Å²) in [5, 5.41) is 2.76. The summed E-state index contributed by atoms with van der Waals surface area (Å²) in [4.78, 5) is 24.3. The second kappa shape index (κ2) is 5.72. The van der Waals surface area contributed by atoms with Gasteiger partial charge in [-0.05, 0) is 20.3 Å². The van der Waals surface area contributed by atoms with Crippen LogP contribution in [0.4, 0.5) is 4.79 Å². The summed E-state index contributed by atoms with van der Waals surface area (Å²) in [5.41, 5.74) is 0. The van der Waals surface area contributed by atoms with E-state index in [1.807, 2.05) is 20.8 Å². The largest absolute Gasteiger partial charge is 0.442 e. The van der Waals surface area contributed by atoms with Crippen molar-refractivity contribution in [3.05, 3.63) is 0 Å². The normalized spacial score (nSPS) is 20.1. The van der Waals surface area contributed by atoms with Crippen molar-refractivity contribution in [2.24, 2.45) is 0 Å². The van der Waals surface area contributed by atoms with Crippen molar-refractivity contribution in [3.63, 3.8) is 0 Å². The lowest BCUT2D eigenvalue weighted by molar-refractivity contribution is -0.121. The molecule has 0 radical (unpaired) electrons. The SMILES string of the molecule is CCCC(=O)NCC1CN(C(C)C)C(=O)O1. The van der Waals surface area contributed by atoms with Crippen LogP contribution in [0, 0.1) is 0 Å².